The molecule has 0 aliphatic carbocycles. The second-order valence-corrected chi connectivity index (χ2v) is 4.33. The molecule has 0 aliphatic rings. The van der Waals surface area contributed by atoms with Crippen molar-refractivity contribution in [3.05, 3.63) is 39.4 Å². The van der Waals surface area contributed by atoms with Crippen LogP contribution in [0.4, 0.5) is 0 Å². The minimum Gasteiger partial charge on any atom is -0.298 e. The van der Waals surface area contributed by atoms with E-state index in [1.165, 1.54) is 11.5 Å². The number of carbonyl (C=O) groups is 1. The van der Waals surface area contributed by atoms with E-state index in [9.17, 15) is 9.59 Å². The van der Waals surface area contributed by atoms with Gasteiger partial charge in [-0.15, -0.1) is 0 Å². The van der Waals surface area contributed by atoms with E-state index < -0.39 is 0 Å². The highest BCUT2D eigenvalue weighted by atomic mass is 35.5. The van der Waals surface area contributed by atoms with Gasteiger partial charge in [0.2, 0.25) is 5.28 Å². The highest BCUT2D eigenvalue weighted by Crippen LogP contribution is 2.13. The maximum Gasteiger partial charge on any atom is 0.262 e. The fraction of sp³-hybridized carbons (Fsp3) is 0.250. The van der Waals surface area contributed by atoms with Gasteiger partial charge in [-0.25, -0.2) is 4.98 Å². The van der Waals surface area contributed by atoms with E-state index in [-0.39, 0.29) is 23.2 Å². The van der Waals surface area contributed by atoms with Crippen molar-refractivity contribution in [3.63, 3.8) is 0 Å². The number of benzene rings is 1. The minimum absolute atomic E-state index is 0.0447. The molecule has 1 heterocycles. The first-order valence-electron chi connectivity index (χ1n) is 5.15. The lowest BCUT2D eigenvalue weighted by Gasteiger charge is -2.07. The number of Topliss-reactive ketones (excluding diaryl/α,β-unsaturated/α-hetero) is 1. The zero-order chi connectivity index (χ0) is 12.6. The Morgan fingerprint density at radius 3 is 2.82 bits per heavy atom. The normalized spacial score (nSPS) is 10.8. The molecule has 0 radical (unpaired) electrons. The number of aromatic nitrogens is 2. The van der Waals surface area contributed by atoms with Crippen molar-refractivity contribution in [2.75, 3.05) is 0 Å². The van der Waals surface area contributed by atoms with Crippen LogP contribution in [0.15, 0.2) is 23.0 Å². The van der Waals surface area contributed by atoms with E-state index in [1.807, 2.05) is 13.0 Å². The van der Waals surface area contributed by atoms with Crippen LogP contribution < -0.4 is 5.56 Å². The summed E-state index contributed by atoms with van der Waals surface area (Å²) >= 11 is 5.90. The number of hydrogen-bond acceptors (Lipinski definition) is 3. The van der Waals surface area contributed by atoms with E-state index >= 15 is 0 Å². The number of ketones is 1. The SMILES string of the molecule is CC(=O)Cn1c(Cl)nc2cc(C)ccc2c1=O. The van der Waals surface area contributed by atoms with Gasteiger partial charge in [0.05, 0.1) is 17.4 Å². The van der Waals surface area contributed by atoms with E-state index in [2.05, 4.69) is 4.98 Å². The maximum absolute atomic E-state index is 12.1. The van der Waals surface area contributed by atoms with Gasteiger partial charge in [-0.05, 0) is 43.1 Å². The first-order chi connectivity index (χ1) is 7.99. The molecular weight excluding hydrogens is 240 g/mol. The first-order valence-corrected chi connectivity index (χ1v) is 5.53. The zero-order valence-corrected chi connectivity index (χ0v) is 10.3. The summed E-state index contributed by atoms with van der Waals surface area (Å²) in [6.45, 7) is 3.27. The third kappa shape index (κ3) is 2.22. The number of halogens is 1. The van der Waals surface area contributed by atoms with Gasteiger partial charge in [0.25, 0.3) is 5.56 Å². The molecule has 0 saturated carbocycles. The summed E-state index contributed by atoms with van der Waals surface area (Å²) in [5.74, 6) is -0.137. The third-order valence-corrected chi connectivity index (χ3v) is 2.73. The molecule has 2 aromatic rings. The molecular formula is C12H11ClN2O2. The Balaban J connectivity index is 2.76. The molecule has 0 fully saturated rings. The molecule has 1 aromatic carbocycles. The van der Waals surface area contributed by atoms with Gasteiger partial charge in [0, 0.05) is 0 Å². The quantitative estimate of drug-likeness (QED) is 0.766. The van der Waals surface area contributed by atoms with Gasteiger partial charge in [0.15, 0.2) is 0 Å². The molecule has 1 aromatic heterocycles. The fourth-order valence-corrected chi connectivity index (χ4v) is 1.89. The molecule has 88 valence electrons. The molecule has 0 aliphatic heterocycles. The van der Waals surface area contributed by atoms with Crippen molar-refractivity contribution in [1.82, 2.24) is 9.55 Å². The monoisotopic (exact) mass is 250 g/mol. The Labute approximate surface area is 103 Å². The molecule has 2 rings (SSSR count). The highest BCUT2D eigenvalue weighted by Gasteiger charge is 2.10. The lowest BCUT2D eigenvalue weighted by atomic mass is 10.2. The second-order valence-electron chi connectivity index (χ2n) is 3.99. The number of rotatable bonds is 2. The van der Waals surface area contributed by atoms with Gasteiger partial charge in [-0.3, -0.25) is 14.2 Å². The van der Waals surface area contributed by atoms with Gasteiger partial charge in [0.1, 0.15) is 5.78 Å². The molecule has 4 nitrogen and oxygen atoms in total. The largest absolute Gasteiger partial charge is 0.298 e. The van der Waals surface area contributed by atoms with E-state index in [0.717, 1.165) is 5.56 Å². The summed E-state index contributed by atoms with van der Waals surface area (Å²) in [4.78, 5) is 27.3. The highest BCUT2D eigenvalue weighted by molar-refractivity contribution is 6.28. The Kier molecular flexibility index (Phi) is 2.98. The molecule has 0 amide bonds. The summed E-state index contributed by atoms with van der Waals surface area (Å²) in [5, 5.41) is 0.518. The number of carbonyl (C=O) groups excluding carboxylic acids is 1. The summed E-state index contributed by atoms with van der Waals surface area (Å²) in [7, 11) is 0. The minimum atomic E-state index is -0.282. The average Bonchev–Trinajstić information content (AvgIpc) is 2.23. The number of aryl methyl sites for hydroxylation is 1. The standard InChI is InChI=1S/C12H11ClN2O2/c1-7-3-4-9-10(5-7)14-12(13)15(11(9)17)6-8(2)16/h3-5H,6H2,1-2H3. The predicted octanol–water partition coefficient (Wildman–Crippen LogP) is 1.95. The van der Waals surface area contributed by atoms with Crippen LogP contribution in [0.1, 0.15) is 12.5 Å². The Morgan fingerprint density at radius 1 is 1.47 bits per heavy atom. The molecule has 0 unspecified atom stereocenters. The van der Waals surface area contributed by atoms with Crippen molar-refractivity contribution < 1.29 is 4.79 Å². The Hall–Kier alpha value is -1.68. The van der Waals surface area contributed by atoms with Gasteiger partial charge >= 0.3 is 0 Å². The van der Waals surface area contributed by atoms with Crippen LogP contribution in [0, 0.1) is 6.92 Å². The lowest BCUT2D eigenvalue weighted by Crippen LogP contribution is -2.25. The predicted molar refractivity (Wildman–Crippen MR) is 66.4 cm³/mol. The first kappa shape index (κ1) is 11.8. The molecule has 0 atom stereocenters. The number of hydrogen-bond donors (Lipinski definition) is 0. The van der Waals surface area contributed by atoms with Gasteiger partial charge < -0.3 is 0 Å². The van der Waals surface area contributed by atoms with Crippen molar-refractivity contribution in [2.45, 2.75) is 20.4 Å². The van der Waals surface area contributed by atoms with Crippen molar-refractivity contribution in [1.29, 1.82) is 0 Å². The Morgan fingerprint density at radius 2 is 2.18 bits per heavy atom. The summed E-state index contributed by atoms with van der Waals surface area (Å²) in [5.41, 5.74) is 1.28. The van der Waals surface area contributed by atoms with E-state index in [4.69, 9.17) is 11.6 Å². The van der Waals surface area contributed by atoms with E-state index in [0.29, 0.717) is 10.9 Å². The zero-order valence-electron chi connectivity index (χ0n) is 9.53. The van der Waals surface area contributed by atoms with Crippen LogP contribution in [0.3, 0.4) is 0 Å². The number of nitrogens with zero attached hydrogens (tertiary/aromatic N) is 2. The Bertz CT molecular complexity index is 661. The molecule has 17 heavy (non-hydrogen) atoms. The van der Waals surface area contributed by atoms with Gasteiger partial charge in [-0.1, -0.05) is 6.07 Å². The topological polar surface area (TPSA) is 52.0 Å². The van der Waals surface area contributed by atoms with Crippen LogP contribution in [-0.4, -0.2) is 15.3 Å². The van der Waals surface area contributed by atoms with Gasteiger partial charge in [-0.2, -0.15) is 0 Å². The van der Waals surface area contributed by atoms with Crippen LogP contribution in [0.2, 0.25) is 5.28 Å². The van der Waals surface area contributed by atoms with Crippen LogP contribution in [-0.2, 0) is 11.3 Å². The molecule has 0 saturated heterocycles. The third-order valence-electron chi connectivity index (χ3n) is 2.45. The summed E-state index contributed by atoms with van der Waals surface area (Å²) < 4.78 is 1.18. The number of fused-ring (bicyclic) bond motifs is 1. The molecule has 0 N–H and O–H groups in total. The van der Waals surface area contributed by atoms with Crippen molar-refractivity contribution >= 4 is 28.3 Å². The molecule has 0 spiro atoms. The van der Waals surface area contributed by atoms with Crippen molar-refractivity contribution in [3.8, 4) is 0 Å². The average molecular weight is 251 g/mol. The smallest absolute Gasteiger partial charge is 0.262 e. The molecule has 5 heteroatoms. The summed E-state index contributed by atoms with van der Waals surface area (Å²) in [6.07, 6.45) is 0. The van der Waals surface area contributed by atoms with Crippen LogP contribution in [0.25, 0.3) is 10.9 Å². The summed E-state index contributed by atoms with van der Waals surface area (Å²) in [6, 6.07) is 5.32. The second kappa shape index (κ2) is 4.30. The fourth-order valence-electron chi connectivity index (χ4n) is 1.66. The maximum atomic E-state index is 12.1. The van der Waals surface area contributed by atoms with Crippen LogP contribution >= 0.6 is 11.6 Å². The van der Waals surface area contributed by atoms with Crippen LogP contribution in [0.5, 0.6) is 0 Å². The lowest BCUT2D eigenvalue weighted by molar-refractivity contribution is -0.117. The molecule has 0 bridgehead atoms. The van der Waals surface area contributed by atoms with E-state index in [1.54, 1.807) is 12.1 Å². The van der Waals surface area contributed by atoms with Crippen molar-refractivity contribution in [2.24, 2.45) is 0 Å².